The minimum absolute atomic E-state index is 0.189. The molecule has 19 heavy (non-hydrogen) atoms. The van der Waals surface area contributed by atoms with Gasteiger partial charge in [-0.05, 0) is 18.6 Å². The number of nitrogens with zero attached hydrogens (tertiary/aromatic N) is 4. The van der Waals surface area contributed by atoms with E-state index in [1.807, 2.05) is 12.3 Å². The third-order valence-corrected chi connectivity index (χ3v) is 2.58. The van der Waals surface area contributed by atoms with Crippen molar-refractivity contribution < 1.29 is 4.79 Å². The molecule has 2 aromatic heterocycles. The van der Waals surface area contributed by atoms with E-state index in [4.69, 9.17) is 0 Å². The van der Waals surface area contributed by atoms with E-state index < -0.39 is 0 Å². The van der Waals surface area contributed by atoms with E-state index in [1.165, 1.54) is 0 Å². The maximum atomic E-state index is 11.4. The van der Waals surface area contributed by atoms with Crippen LogP contribution in [0.25, 0.3) is 0 Å². The van der Waals surface area contributed by atoms with Crippen LogP contribution in [0, 0.1) is 0 Å². The van der Waals surface area contributed by atoms with Gasteiger partial charge in [0.1, 0.15) is 5.69 Å². The van der Waals surface area contributed by atoms with Crippen LogP contribution in [0.3, 0.4) is 0 Å². The Bertz CT molecular complexity index is 525. The highest BCUT2D eigenvalue weighted by molar-refractivity contribution is 5.92. The molecule has 0 aromatic carbocycles. The molecule has 0 saturated carbocycles. The van der Waals surface area contributed by atoms with Crippen molar-refractivity contribution in [3.05, 3.63) is 36.4 Å². The van der Waals surface area contributed by atoms with Crippen LogP contribution in [0.1, 0.15) is 16.9 Å². The molecule has 0 aliphatic carbocycles. The van der Waals surface area contributed by atoms with Crippen molar-refractivity contribution in [2.45, 2.75) is 13.0 Å². The zero-order valence-corrected chi connectivity index (χ0v) is 10.7. The van der Waals surface area contributed by atoms with E-state index >= 15 is 0 Å². The Labute approximate surface area is 111 Å². The second-order valence-electron chi connectivity index (χ2n) is 3.96. The first-order chi connectivity index (χ1) is 9.29. The lowest BCUT2D eigenvalue weighted by Gasteiger charge is -2.07. The van der Waals surface area contributed by atoms with Crippen LogP contribution >= 0.6 is 0 Å². The average molecular weight is 260 g/mol. The zero-order valence-electron chi connectivity index (χ0n) is 10.7. The summed E-state index contributed by atoms with van der Waals surface area (Å²) in [6.07, 6.45) is 6.02. The fraction of sp³-hybridized carbons (Fsp3) is 0.333. The topological polar surface area (TPSA) is 84.7 Å². The molecule has 0 atom stereocenters. The Kier molecular flexibility index (Phi) is 4.44. The van der Waals surface area contributed by atoms with Crippen LogP contribution in [0.15, 0.2) is 30.7 Å². The monoisotopic (exact) mass is 260 g/mol. The Hall–Kier alpha value is -2.44. The van der Waals surface area contributed by atoms with Crippen molar-refractivity contribution in [1.82, 2.24) is 25.3 Å². The van der Waals surface area contributed by atoms with Gasteiger partial charge in [-0.1, -0.05) is 5.21 Å². The molecule has 0 spiro atoms. The molecular weight excluding hydrogens is 244 g/mol. The Morgan fingerprint density at radius 2 is 2.32 bits per heavy atom. The molecule has 0 unspecified atom stereocenters. The first-order valence-electron chi connectivity index (χ1n) is 6.05. The predicted octanol–water partition coefficient (Wildman–Crippen LogP) is 0.535. The van der Waals surface area contributed by atoms with E-state index in [1.54, 1.807) is 30.2 Å². The second-order valence-corrected chi connectivity index (χ2v) is 3.96. The Morgan fingerprint density at radius 3 is 3.05 bits per heavy atom. The number of anilines is 1. The molecule has 2 heterocycles. The highest BCUT2D eigenvalue weighted by atomic mass is 16.1. The standard InChI is InChI=1S/C12H16N6O/c1-13-12(19)11-9-10(3-5-15-11)14-4-2-7-18-8-6-16-17-18/h3,5-6,8-9H,2,4,7H2,1H3,(H,13,19)(H,14,15). The van der Waals surface area contributed by atoms with Gasteiger partial charge in [-0.3, -0.25) is 14.5 Å². The molecular formula is C12H16N6O. The normalized spacial score (nSPS) is 10.2. The Balaban J connectivity index is 1.81. The molecule has 1 amide bonds. The number of aromatic nitrogens is 4. The van der Waals surface area contributed by atoms with Crippen LogP contribution in [0.5, 0.6) is 0 Å². The number of pyridine rings is 1. The van der Waals surface area contributed by atoms with Gasteiger partial charge >= 0.3 is 0 Å². The number of hydrogen-bond donors (Lipinski definition) is 2. The van der Waals surface area contributed by atoms with Crippen LogP contribution in [-0.2, 0) is 6.54 Å². The van der Waals surface area contributed by atoms with Gasteiger partial charge in [0.05, 0.1) is 6.20 Å². The van der Waals surface area contributed by atoms with Crippen molar-refractivity contribution in [1.29, 1.82) is 0 Å². The van der Waals surface area contributed by atoms with Gasteiger partial charge in [-0.2, -0.15) is 0 Å². The summed E-state index contributed by atoms with van der Waals surface area (Å²) in [7, 11) is 1.59. The van der Waals surface area contributed by atoms with Gasteiger partial charge < -0.3 is 10.6 Å². The summed E-state index contributed by atoms with van der Waals surface area (Å²) in [4.78, 5) is 15.4. The zero-order chi connectivity index (χ0) is 13.5. The SMILES string of the molecule is CNC(=O)c1cc(NCCCn2ccnn2)ccn1. The fourth-order valence-corrected chi connectivity index (χ4v) is 1.62. The van der Waals surface area contributed by atoms with E-state index in [0.29, 0.717) is 5.69 Å². The minimum atomic E-state index is -0.189. The molecule has 0 aliphatic rings. The summed E-state index contributed by atoms with van der Waals surface area (Å²) in [5, 5.41) is 13.4. The first-order valence-corrected chi connectivity index (χ1v) is 6.05. The molecule has 2 aromatic rings. The number of aryl methyl sites for hydroxylation is 1. The smallest absolute Gasteiger partial charge is 0.269 e. The number of carbonyl (C=O) groups is 1. The van der Waals surface area contributed by atoms with Crippen LogP contribution in [0.2, 0.25) is 0 Å². The van der Waals surface area contributed by atoms with Crippen molar-refractivity contribution >= 4 is 11.6 Å². The molecule has 2 rings (SSSR count). The predicted molar refractivity (Wildman–Crippen MR) is 70.8 cm³/mol. The third-order valence-electron chi connectivity index (χ3n) is 2.58. The number of nitrogens with one attached hydrogen (secondary N) is 2. The van der Waals surface area contributed by atoms with Gasteiger partial charge in [0.15, 0.2) is 0 Å². The maximum Gasteiger partial charge on any atom is 0.269 e. The summed E-state index contributed by atoms with van der Waals surface area (Å²) < 4.78 is 1.78. The van der Waals surface area contributed by atoms with Crippen molar-refractivity contribution in [2.24, 2.45) is 0 Å². The quantitative estimate of drug-likeness (QED) is 0.740. The van der Waals surface area contributed by atoms with Gasteiger partial charge in [0.25, 0.3) is 5.91 Å². The number of hydrogen-bond acceptors (Lipinski definition) is 5. The summed E-state index contributed by atoms with van der Waals surface area (Å²) >= 11 is 0. The molecule has 2 N–H and O–H groups in total. The van der Waals surface area contributed by atoms with Crippen LogP contribution < -0.4 is 10.6 Å². The second kappa shape index (κ2) is 6.48. The summed E-state index contributed by atoms with van der Waals surface area (Å²) in [6.45, 7) is 1.59. The van der Waals surface area contributed by atoms with Crippen LogP contribution in [0.4, 0.5) is 5.69 Å². The van der Waals surface area contributed by atoms with Gasteiger partial charge in [0.2, 0.25) is 0 Å². The maximum absolute atomic E-state index is 11.4. The van der Waals surface area contributed by atoms with E-state index in [0.717, 1.165) is 25.2 Å². The van der Waals surface area contributed by atoms with E-state index in [-0.39, 0.29) is 5.91 Å². The highest BCUT2D eigenvalue weighted by Gasteiger charge is 2.04. The van der Waals surface area contributed by atoms with Crippen LogP contribution in [-0.4, -0.2) is 39.5 Å². The number of carbonyl (C=O) groups excluding carboxylic acids is 1. The summed E-state index contributed by atoms with van der Waals surface area (Å²) in [5.41, 5.74) is 1.29. The minimum Gasteiger partial charge on any atom is -0.385 e. The van der Waals surface area contributed by atoms with Crippen molar-refractivity contribution in [3.63, 3.8) is 0 Å². The fourth-order valence-electron chi connectivity index (χ4n) is 1.62. The molecule has 0 bridgehead atoms. The summed E-state index contributed by atoms with van der Waals surface area (Å²) in [6, 6.07) is 3.57. The lowest BCUT2D eigenvalue weighted by atomic mass is 10.3. The molecule has 7 heteroatoms. The molecule has 100 valence electrons. The lowest BCUT2D eigenvalue weighted by Crippen LogP contribution is -2.19. The van der Waals surface area contributed by atoms with Crippen molar-refractivity contribution in [2.75, 3.05) is 18.9 Å². The molecule has 0 saturated heterocycles. The van der Waals surface area contributed by atoms with Crippen molar-refractivity contribution in [3.8, 4) is 0 Å². The van der Waals surface area contributed by atoms with E-state index in [2.05, 4.69) is 25.9 Å². The Morgan fingerprint density at radius 1 is 1.42 bits per heavy atom. The average Bonchev–Trinajstić information content (AvgIpc) is 2.96. The molecule has 0 fully saturated rings. The molecule has 0 aliphatic heterocycles. The van der Waals surface area contributed by atoms with Gasteiger partial charge in [-0.25, -0.2) is 0 Å². The highest BCUT2D eigenvalue weighted by Crippen LogP contribution is 2.07. The third kappa shape index (κ3) is 3.77. The summed E-state index contributed by atoms with van der Waals surface area (Å²) in [5.74, 6) is -0.189. The van der Waals surface area contributed by atoms with Gasteiger partial charge in [-0.15, -0.1) is 5.10 Å². The largest absolute Gasteiger partial charge is 0.385 e. The number of amides is 1. The first kappa shape index (κ1) is 13.0. The molecule has 0 radical (unpaired) electrons. The molecule has 7 nitrogen and oxygen atoms in total. The lowest BCUT2D eigenvalue weighted by molar-refractivity contribution is 0.0958. The van der Waals surface area contributed by atoms with E-state index in [9.17, 15) is 4.79 Å². The van der Waals surface area contributed by atoms with Gasteiger partial charge in [0, 0.05) is 38.2 Å². The number of rotatable bonds is 6.